The maximum atomic E-state index is 14.8. The summed E-state index contributed by atoms with van der Waals surface area (Å²) in [5, 5.41) is 8.53. The first-order valence-electron chi connectivity index (χ1n) is 13.2. The molecule has 226 valence electrons. The van der Waals surface area contributed by atoms with Gasteiger partial charge in [0.05, 0.1) is 29.8 Å². The van der Waals surface area contributed by atoms with Crippen LogP contribution in [-0.2, 0) is 17.5 Å². The highest BCUT2D eigenvalue weighted by Crippen LogP contribution is 2.44. The molecule has 0 saturated carbocycles. The number of aromatic nitrogens is 2. The van der Waals surface area contributed by atoms with Crippen LogP contribution in [0.4, 0.5) is 22.0 Å². The molecule has 1 aliphatic rings. The van der Waals surface area contributed by atoms with Gasteiger partial charge in [-0.1, -0.05) is 6.92 Å². The first kappa shape index (κ1) is 30.1. The van der Waals surface area contributed by atoms with Crippen molar-refractivity contribution < 1.29 is 36.2 Å². The molecule has 8 nitrogen and oxygen atoms in total. The van der Waals surface area contributed by atoms with Gasteiger partial charge in [0.2, 0.25) is 11.7 Å². The third kappa shape index (κ3) is 6.24. The minimum absolute atomic E-state index is 0.0196. The van der Waals surface area contributed by atoms with Gasteiger partial charge >= 0.3 is 6.18 Å². The molecule has 0 bridgehead atoms. The van der Waals surface area contributed by atoms with Crippen molar-refractivity contribution in [2.24, 2.45) is 11.0 Å². The number of alkyl halides is 3. The molecule has 1 atom stereocenters. The van der Waals surface area contributed by atoms with Crippen molar-refractivity contribution >= 4 is 33.0 Å². The summed E-state index contributed by atoms with van der Waals surface area (Å²) in [6.45, 7) is 1.87. The number of nitrogens with one attached hydrogen (secondary N) is 1. The van der Waals surface area contributed by atoms with Gasteiger partial charge in [-0.2, -0.15) is 27.8 Å². The van der Waals surface area contributed by atoms with E-state index in [1.165, 1.54) is 36.1 Å². The van der Waals surface area contributed by atoms with E-state index in [2.05, 4.69) is 15.6 Å². The molecule has 0 fully saturated rings. The first-order chi connectivity index (χ1) is 20.5. The SMILES string of the molecule is COc1ccc(-c2ccc(=O)n(CCCCOc3ccc(C4=NNC(=O)CC4C)c(F)c3F)n2)c2cc(C(F)(F)F)sc12. The Hall–Kier alpha value is -4.33. The molecule has 1 aliphatic heterocycles. The van der Waals surface area contributed by atoms with E-state index in [0.717, 1.165) is 6.07 Å². The van der Waals surface area contributed by atoms with Crippen LogP contribution < -0.4 is 20.5 Å². The van der Waals surface area contributed by atoms with E-state index < -0.39 is 28.2 Å². The maximum absolute atomic E-state index is 14.8. The number of unbranched alkanes of at least 4 members (excludes halogenated alkanes) is 1. The van der Waals surface area contributed by atoms with Crippen LogP contribution in [0.15, 0.2) is 52.4 Å². The zero-order valence-corrected chi connectivity index (χ0v) is 23.7. The lowest BCUT2D eigenvalue weighted by Crippen LogP contribution is -2.32. The lowest BCUT2D eigenvalue weighted by atomic mass is 9.93. The number of hydrogen-bond donors (Lipinski definition) is 1. The van der Waals surface area contributed by atoms with Gasteiger partial charge in [-0.15, -0.1) is 11.3 Å². The second-order valence-electron chi connectivity index (χ2n) is 9.88. The molecule has 0 aliphatic carbocycles. The largest absolute Gasteiger partial charge is 0.495 e. The Morgan fingerprint density at radius 2 is 1.77 bits per heavy atom. The van der Waals surface area contributed by atoms with E-state index >= 15 is 0 Å². The molecule has 1 unspecified atom stereocenters. The number of amides is 1. The third-order valence-electron chi connectivity index (χ3n) is 6.89. The molecule has 0 saturated heterocycles. The standard InChI is InChI=1S/C29H25F5N4O4S/c1-15-13-23(39)35-36-27(15)17-6-8-20(26(31)25(17)30)42-12-4-3-11-38-24(40)10-7-19(37-38)16-5-9-21(41-2)28-18(16)14-22(43-28)29(32,33)34/h5-10,14-15H,3-4,11-13H2,1-2H3,(H,35,39). The van der Waals surface area contributed by atoms with Crippen LogP contribution in [0, 0.1) is 17.6 Å². The van der Waals surface area contributed by atoms with E-state index in [1.54, 1.807) is 19.1 Å². The van der Waals surface area contributed by atoms with Crippen LogP contribution in [0.5, 0.6) is 11.5 Å². The summed E-state index contributed by atoms with van der Waals surface area (Å²) in [7, 11) is 1.37. The van der Waals surface area contributed by atoms with Gasteiger partial charge in [-0.05, 0) is 49.2 Å². The number of ether oxygens (including phenoxy) is 2. The fourth-order valence-corrected chi connectivity index (χ4v) is 5.78. The number of fused-ring (bicyclic) bond motifs is 1. The second kappa shape index (κ2) is 12.1. The number of rotatable bonds is 9. The van der Waals surface area contributed by atoms with Crippen LogP contribution in [0.2, 0.25) is 0 Å². The summed E-state index contributed by atoms with van der Waals surface area (Å²) in [6.07, 6.45) is -3.67. The minimum Gasteiger partial charge on any atom is -0.495 e. The summed E-state index contributed by atoms with van der Waals surface area (Å²) in [5.74, 6) is -2.99. The number of carbonyl (C=O) groups excluding carboxylic acids is 1. The number of hydrogen-bond acceptors (Lipinski definition) is 7. The first-order valence-corrected chi connectivity index (χ1v) is 14.0. The van der Waals surface area contributed by atoms with Gasteiger partial charge in [0.1, 0.15) is 10.6 Å². The normalized spacial score (nSPS) is 15.4. The molecule has 1 N–H and O–H groups in total. The second-order valence-corrected chi connectivity index (χ2v) is 10.9. The van der Waals surface area contributed by atoms with Gasteiger partial charge < -0.3 is 9.47 Å². The number of aryl methyl sites for hydroxylation is 1. The van der Waals surface area contributed by atoms with Crippen molar-refractivity contribution in [2.75, 3.05) is 13.7 Å². The number of thiophene rings is 1. The predicted octanol–water partition coefficient (Wildman–Crippen LogP) is 6.15. The molecular formula is C29H25F5N4O4S. The predicted molar refractivity (Wildman–Crippen MR) is 150 cm³/mol. The fraction of sp³-hybridized carbons (Fsp3) is 0.310. The van der Waals surface area contributed by atoms with Crippen molar-refractivity contribution in [3.8, 4) is 22.8 Å². The Bertz CT molecular complexity index is 1780. The van der Waals surface area contributed by atoms with Crippen molar-refractivity contribution in [3.63, 3.8) is 0 Å². The Kier molecular flexibility index (Phi) is 8.49. The molecule has 14 heteroatoms. The van der Waals surface area contributed by atoms with E-state index in [1.807, 2.05) is 0 Å². The smallest absolute Gasteiger partial charge is 0.425 e. The van der Waals surface area contributed by atoms with Crippen LogP contribution in [-0.4, -0.2) is 35.1 Å². The summed E-state index contributed by atoms with van der Waals surface area (Å²) in [5.41, 5.74) is 2.76. The van der Waals surface area contributed by atoms with Gasteiger partial charge in [0, 0.05) is 41.5 Å². The Morgan fingerprint density at radius 1 is 1.02 bits per heavy atom. The quantitative estimate of drug-likeness (QED) is 0.179. The Morgan fingerprint density at radius 3 is 2.49 bits per heavy atom. The lowest BCUT2D eigenvalue weighted by molar-refractivity contribution is -0.134. The average molecular weight is 621 g/mol. The van der Waals surface area contributed by atoms with Gasteiger partial charge in [0.25, 0.3) is 5.56 Å². The van der Waals surface area contributed by atoms with Crippen molar-refractivity contribution in [1.82, 2.24) is 15.2 Å². The molecule has 0 radical (unpaired) electrons. The van der Waals surface area contributed by atoms with E-state index in [0.29, 0.717) is 51.3 Å². The number of benzene rings is 2. The number of hydrazone groups is 1. The van der Waals surface area contributed by atoms with Gasteiger partial charge in [-0.3, -0.25) is 9.59 Å². The van der Waals surface area contributed by atoms with Gasteiger partial charge in [-0.25, -0.2) is 14.5 Å². The summed E-state index contributed by atoms with van der Waals surface area (Å²) < 4.78 is 82.0. The molecule has 0 spiro atoms. The molecule has 4 aromatic rings. The zero-order valence-electron chi connectivity index (χ0n) is 22.9. The molecule has 5 rings (SSSR count). The Balaban J connectivity index is 1.25. The molecule has 3 heterocycles. The zero-order chi connectivity index (χ0) is 30.9. The summed E-state index contributed by atoms with van der Waals surface area (Å²) in [6, 6.07) is 9.56. The highest BCUT2D eigenvalue weighted by molar-refractivity contribution is 7.19. The Labute approximate surface area is 245 Å². The van der Waals surface area contributed by atoms with Crippen LogP contribution in [0.3, 0.4) is 0 Å². The number of methoxy groups -OCH3 is 1. The summed E-state index contributed by atoms with van der Waals surface area (Å²) in [4.78, 5) is 23.1. The average Bonchev–Trinajstić information content (AvgIpc) is 3.43. The van der Waals surface area contributed by atoms with E-state index in [-0.39, 0.29) is 48.4 Å². The number of carbonyl (C=O) groups is 1. The lowest BCUT2D eigenvalue weighted by Gasteiger charge is -2.20. The van der Waals surface area contributed by atoms with Gasteiger partial charge in [0.15, 0.2) is 11.6 Å². The monoisotopic (exact) mass is 620 g/mol. The maximum Gasteiger partial charge on any atom is 0.425 e. The highest BCUT2D eigenvalue weighted by atomic mass is 32.1. The van der Waals surface area contributed by atoms with Crippen molar-refractivity contribution in [1.29, 1.82) is 0 Å². The number of halogens is 5. The van der Waals surface area contributed by atoms with Crippen LogP contribution >= 0.6 is 11.3 Å². The molecule has 1 amide bonds. The minimum atomic E-state index is -4.53. The number of nitrogens with zero attached hydrogens (tertiary/aromatic N) is 3. The van der Waals surface area contributed by atoms with Crippen molar-refractivity contribution in [2.45, 2.75) is 38.9 Å². The van der Waals surface area contributed by atoms with Crippen molar-refractivity contribution in [3.05, 3.63) is 74.9 Å². The van der Waals surface area contributed by atoms with Crippen LogP contribution in [0.1, 0.15) is 36.6 Å². The molecule has 2 aromatic heterocycles. The van der Waals surface area contributed by atoms with E-state index in [9.17, 15) is 31.5 Å². The summed E-state index contributed by atoms with van der Waals surface area (Å²) >= 11 is 0.568. The highest BCUT2D eigenvalue weighted by Gasteiger charge is 2.34. The molecule has 43 heavy (non-hydrogen) atoms. The third-order valence-corrected chi connectivity index (χ3v) is 8.09. The molecular weight excluding hydrogens is 595 g/mol. The van der Waals surface area contributed by atoms with Crippen LogP contribution in [0.25, 0.3) is 21.3 Å². The fourth-order valence-electron chi connectivity index (χ4n) is 4.74. The van der Waals surface area contributed by atoms with E-state index in [4.69, 9.17) is 9.47 Å². The topological polar surface area (TPSA) is 94.8 Å². The molecule has 2 aromatic carbocycles.